The van der Waals surface area contributed by atoms with Crippen molar-refractivity contribution in [3.05, 3.63) is 87.9 Å². The maximum atomic E-state index is 13.5. The smallest absolute Gasteiger partial charge is 0.338 e. The number of aromatic nitrogens is 1. The molecule has 0 spiro atoms. The lowest BCUT2D eigenvalue weighted by atomic mass is 10.2. The topological polar surface area (TPSA) is 80.9 Å². The largest absolute Gasteiger partial charge is 0.506 e. The Labute approximate surface area is 214 Å². The van der Waals surface area contributed by atoms with Crippen LogP contribution in [-0.2, 0) is 9.53 Å². The number of aromatic hydroxyl groups is 1. The molecular formula is C23H18Br2N2O4S2. The van der Waals surface area contributed by atoms with E-state index in [1.54, 1.807) is 36.6 Å². The molecule has 33 heavy (non-hydrogen) atoms. The van der Waals surface area contributed by atoms with Crippen molar-refractivity contribution >= 4 is 67.0 Å². The highest BCUT2D eigenvalue weighted by molar-refractivity contribution is 9.11. The van der Waals surface area contributed by atoms with E-state index >= 15 is 0 Å². The Morgan fingerprint density at radius 1 is 1.27 bits per heavy atom. The van der Waals surface area contributed by atoms with Crippen molar-refractivity contribution in [2.75, 3.05) is 6.61 Å². The fraction of sp³-hybridized carbons (Fsp3) is 0.174. The van der Waals surface area contributed by atoms with Crippen LogP contribution in [-0.4, -0.2) is 22.2 Å². The molecule has 0 aliphatic carbocycles. The van der Waals surface area contributed by atoms with E-state index in [0.717, 1.165) is 10.5 Å². The molecule has 170 valence electrons. The van der Waals surface area contributed by atoms with Gasteiger partial charge in [-0.05, 0) is 81.6 Å². The summed E-state index contributed by atoms with van der Waals surface area (Å²) in [5.41, 5.74) is 1.37. The van der Waals surface area contributed by atoms with Crippen molar-refractivity contribution < 1.29 is 14.6 Å². The van der Waals surface area contributed by atoms with Crippen molar-refractivity contribution in [2.24, 2.45) is 4.99 Å². The molecule has 0 saturated heterocycles. The van der Waals surface area contributed by atoms with Gasteiger partial charge in [0.15, 0.2) is 4.80 Å². The highest BCUT2D eigenvalue weighted by Crippen LogP contribution is 2.38. The maximum absolute atomic E-state index is 13.5. The van der Waals surface area contributed by atoms with E-state index in [4.69, 9.17) is 4.74 Å². The van der Waals surface area contributed by atoms with Crippen molar-refractivity contribution in [3.8, 4) is 5.75 Å². The van der Waals surface area contributed by atoms with Gasteiger partial charge in [0.1, 0.15) is 11.1 Å². The SMILES string of the molecule is CCOC(=O)C1=C(C)N=c2s/c(=C\c3cc(Br)c(O)c(Br)c3)c(=O)n2C1Sc1ccccc1. The molecular weight excluding hydrogens is 592 g/mol. The number of benzene rings is 2. The van der Waals surface area contributed by atoms with Crippen LogP contribution in [0.3, 0.4) is 0 Å². The predicted octanol–water partition coefficient (Wildman–Crippen LogP) is 4.73. The molecule has 10 heteroatoms. The molecule has 1 aromatic heterocycles. The van der Waals surface area contributed by atoms with Gasteiger partial charge in [0.2, 0.25) is 0 Å². The first-order chi connectivity index (χ1) is 15.8. The highest BCUT2D eigenvalue weighted by atomic mass is 79.9. The lowest BCUT2D eigenvalue weighted by Crippen LogP contribution is -2.38. The Balaban J connectivity index is 1.89. The minimum absolute atomic E-state index is 0.0857. The number of phenols is 1. The van der Waals surface area contributed by atoms with Crippen molar-refractivity contribution in [2.45, 2.75) is 24.1 Å². The molecule has 0 bridgehead atoms. The van der Waals surface area contributed by atoms with Gasteiger partial charge < -0.3 is 9.84 Å². The summed E-state index contributed by atoms with van der Waals surface area (Å²) in [6, 6.07) is 13.1. The summed E-state index contributed by atoms with van der Waals surface area (Å²) in [5, 5.41) is 9.37. The number of allylic oxidation sites excluding steroid dienone is 1. The fourth-order valence-corrected chi connectivity index (χ4v) is 6.89. The molecule has 0 amide bonds. The standard InChI is InChI=1S/C23H18Br2N2O4S2/c1-3-31-22(30)18-12(2)26-23-27(21(18)32-14-7-5-4-6-8-14)20(29)17(33-23)11-13-9-15(24)19(28)16(25)10-13/h4-11,21,28H,3H2,1-2H3/b17-11-. The molecule has 1 unspecified atom stereocenters. The number of ether oxygens (including phenoxy) is 1. The van der Waals surface area contributed by atoms with E-state index in [1.807, 2.05) is 30.3 Å². The molecule has 0 saturated carbocycles. The van der Waals surface area contributed by atoms with Crippen LogP contribution in [0.5, 0.6) is 5.75 Å². The van der Waals surface area contributed by atoms with Crippen molar-refractivity contribution in [1.82, 2.24) is 4.57 Å². The van der Waals surface area contributed by atoms with Crippen molar-refractivity contribution in [1.29, 1.82) is 0 Å². The average Bonchev–Trinajstić information content (AvgIpc) is 3.07. The molecule has 3 aromatic rings. The van der Waals surface area contributed by atoms with Crippen LogP contribution in [0.15, 0.2) is 77.4 Å². The summed E-state index contributed by atoms with van der Waals surface area (Å²) < 4.78 is 8.33. The number of carbonyl (C=O) groups excluding carboxylic acids is 1. The van der Waals surface area contributed by atoms with E-state index in [9.17, 15) is 14.7 Å². The number of carbonyl (C=O) groups is 1. The number of thiazole rings is 1. The Kier molecular flexibility index (Phi) is 7.28. The van der Waals surface area contributed by atoms with E-state index in [-0.39, 0.29) is 17.9 Å². The predicted molar refractivity (Wildman–Crippen MR) is 137 cm³/mol. The first-order valence-corrected chi connectivity index (χ1v) is 13.2. The second-order valence-corrected chi connectivity index (χ2v) is 10.9. The Bertz CT molecular complexity index is 1420. The number of esters is 1. The third-order valence-electron chi connectivity index (χ3n) is 4.79. The number of phenolic OH excluding ortho intramolecular Hbond substituents is 1. The van der Waals surface area contributed by atoms with Crippen LogP contribution in [0.1, 0.15) is 24.8 Å². The first-order valence-electron chi connectivity index (χ1n) is 9.89. The van der Waals surface area contributed by atoms with Crippen LogP contribution in [0.25, 0.3) is 6.08 Å². The third-order valence-corrected chi connectivity index (χ3v) is 8.20. The van der Waals surface area contributed by atoms with Gasteiger partial charge in [-0.2, -0.15) is 0 Å². The van der Waals surface area contributed by atoms with Crippen LogP contribution < -0.4 is 14.9 Å². The zero-order chi connectivity index (χ0) is 23.7. The summed E-state index contributed by atoms with van der Waals surface area (Å²) in [6.45, 7) is 3.74. The molecule has 1 N–H and O–H groups in total. The van der Waals surface area contributed by atoms with Crippen LogP contribution in [0.4, 0.5) is 0 Å². The number of nitrogens with zero attached hydrogens (tertiary/aromatic N) is 2. The van der Waals surface area contributed by atoms with Gasteiger partial charge in [0, 0.05) is 4.90 Å². The third kappa shape index (κ3) is 4.89. The summed E-state index contributed by atoms with van der Waals surface area (Å²) in [5.74, 6) is -0.393. The maximum Gasteiger partial charge on any atom is 0.338 e. The van der Waals surface area contributed by atoms with E-state index < -0.39 is 11.3 Å². The number of halogens is 2. The molecule has 2 aromatic carbocycles. The van der Waals surface area contributed by atoms with Crippen LogP contribution in [0.2, 0.25) is 0 Å². The summed E-state index contributed by atoms with van der Waals surface area (Å²) in [6.07, 6.45) is 1.74. The van der Waals surface area contributed by atoms with Crippen molar-refractivity contribution in [3.63, 3.8) is 0 Å². The summed E-state index contributed by atoms with van der Waals surface area (Å²) in [4.78, 5) is 32.3. The average molecular weight is 610 g/mol. The second kappa shape index (κ2) is 10.0. The normalized spacial score (nSPS) is 15.9. The molecule has 1 aliphatic rings. The number of hydrogen-bond donors (Lipinski definition) is 1. The monoisotopic (exact) mass is 608 g/mol. The zero-order valence-corrected chi connectivity index (χ0v) is 22.3. The lowest BCUT2D eigenvalue weighted by Gasteiger charge is -2.23. The second-order valence-electron chi connectivity index (χ2n) is 7.02. The van der Waals surface area contributed by atoms with Crippen LogP contribution in [0, 0.1) is 0 Å². The van der Waals surface area contributed by atoms with Gasteiger partial charge in [0.05, 0.1) is 31.4 Å². The minimum Gasteiger partial charge on any atom is -0.506 e. The molecule has 0 radical (unpaired) electrons. The molecule has 1 atom stereocenters. The highest BCUT2D eigenvalue weighted by Gasteiger charge is 2.32. The first kappa shape index (κ1) is 24.0. The van der Waals surface area contributed by atoms with Gasteiger partial charge in [-0.15, -0.1) is 0 Å². The molecule has 2 heterocycles. The Hall–Kier alpha value is -2.14. The lowest BCUT2D eigenvalue weighted by molar-refractivity contribution is -0.138. The zero-order valence-electron chi connectivity index (χ0n) is 17.5. The van der Waals surface area contributed by atoms with Gasteiger partial charge >= 0.3 is 5.97 Å². The summed E-state index contributed by atoms with van der Waals surface area (Å²) >= 11 is 9.29. The van der Waals surface area contributed by atoms with Gasteiger partial charge in [-0.25, -0.2) is 9.79 Å². The quantitative estimate of drug-likeness (QED) is 0.423. The molecule has 6 nitrogen and oxygen atoms in total. The number of fused-ring (bicyclic) bond motifs is 1. The molecule has 4 rings (SSSR count). The van der Waals surface area contributed by atoms with Gasteiger partial charge in [0.25, 0.3) is 5.56 Å². The summed E-state index contributed by atoms with van der Waals surface area (Å²) in [7, 11) is 0. The number of rotatable bonds is 5. The van der Waals surface area contributed by atoms with Gasteiger partial charge in [-0.1, -0.05) is 41.3 Å². The fourth-order valence-electron chi connectivity index (χ4n) is 3.30. The Morgan fingerprint density at radius 2 is 1.94 bits per heavy atom. The molecule has 1 aliphatic heterocycles. The van der Waals surface area contributed by atoms with E-state index in [0.29, 0.717) is 29.5 Å². The number of hydrogen-bond acceptors (Lipinski definition) is 7. The van der Waals surface area contributed by atoms with E-state index in [2.05, 4.69) is 36.9 Å². The minimum atomic E-state index is -0.608. The molecule has 0 fully saturated rings. The van der Waals surface area contributed by atoms with Crippen LogP contribution >= 0.6 is 55.0 Å². The Morgan fingerprint density at radius 3 is 2.58 bits per heavy atom. The number of thioether (sulfide) groups is 1. The van der Waals surface area contributed by atoms with E-state index in [1.165, 1.54) is 23.1 Å². The van der Waals surface area contributed by atoms with Gasteiger partial charge in [-0.3, -0.25) is 9.36 Å².